The molecule has 1 aromatic carbocycles. The number of nitrogens with zero attached hydrogens (tertiary/aromatic N) is 5. The quantitative estimate of drug-likeness (QED) is 0.577. The van der Waals surface area contributed by atoms with Gasteiger partial charge in [0.15, 0.2) is 5.96 Å². The van der Waals surface area contributed by atoms with Gasteiger partial charge in [-0.25, -0.2) is 0 Å². The number of guanidine groups is 1. The summed E-state index contributed by atoms with van der Waals surface area (Å²) in [6, 6.07) is 12.2. The van der Waals surface area contributed by atoms with E-state index in [0.29, 0.717) is 12.1 Å². The van der Waals surface area contributed by atoms with Crippen molar-refractivity contribution in [2.24, 2.45) is 10.9 Å². The third-order valence-electron chi connectivity index (χ3n) is 7.48. The van der Waals surface area contributed by atoms with Crippen molar-refractivity contribution in [2.45, 2.75) is 44.8 Å². The number of piperazine rings is 1. The number of rotatable bonds is 5. The summed E-state index contributed by atoms with van der Waals surface area (Å²) >= 11 is 0. The number of aliphatic imine (C=N–C) groups is 1. The molecule has 3 fully saturated rings. The zero-order valence-electron chi connectivity index (χ0n) is 19.8. The van der Waals surface area contributed by atoms with Gasteiger partial charge in [0, 0.05) is 57.9 Å². The molecule has 3 aliphatic heterocycles. The molecule has 31 heavy (non-hydrogen) atoms. The van der Waals surface area contributed by atoms with E-state index in [4.69, 9.17) is 4.99 Å². The normalized spacial score (nSPS) is 29.1. The fourth-order valence-corrected chi connectivity index (χ4v) is 5.63. The lowest BCUT2D eigenvalue weighted by molar-refractivity contribution is 0.0371. The molecule has 172 valence electrons. The number of benzene rings is 1. The first-order chi connectivity index (χ1) is 15.1. The standard InChI is InChI=1S/C25H42N6/c1-4-26-25(27-17-23-20-28(2)15-16-29(23)3)31-14-12-24-22(19-31)11-8-13-30(24)18-21-9-6-5-7-10-21/h5-7,9-10,22-24H,4,8,11-20H2,1-3H3,(H,26,27). The van der Waals surface area contributed by atoms with Gasteiger partial charge in [0.1, 0.15) is 0 Å². The van der Waals surface area contributed by atoms with Crippen LogP contribution < -0.4 is 5.32 Å². The van der Waals surface area contributed by atoms with Crippen molar-refractivity contribution in [3.05, 3.63) is 35.9 Å². The summed E-state index contributed by atoms with van der Waals surface area (Å²) in [5, 5.41) is 3.59. The summed E-state index contributed by atoms with van der Waals surface area (Å²) in [6.45, 7) is 12.0. The van der Waals surface area contributed by atoms with Crippen LogP contribution in [-0.2, 0) is 6.54 Å². The Hall–Kier alpha value is -1.63. The van der Waals surface area contributed by atoms with E-state index in [1.807, 2.05) is 0 Å². The summed E-state index contributed by atoms with van der Waals surface area (Å²) in [4.78, 5) is 15.3. The number of likely N-dealkylation sites (N-methyl/N-ethyl adjacent to an activating group) is 2. The van der Waals surface area contributed by atoms with Crippen LogP contribution in [0.4, 0.5) is 0 Å². The van der Waals surface area contributed by atoms with Crippen LogP contribution in [0.15, 0.2) is 35.3 Å². The SMILES string of the molecule is CCNC(=NCC1CN(C)CCN1C)N1CCC2C(CCCN2Cc2ccccc2)C1. The van der Waals surface area contributed by atoms with E-state index in [9.17, 15) is 0 Å². The topological polar surface area (TPSA) is 37.4 Å². The highest BCUT2D eigenvalue weighted by atomic mass is 15.3. The molecular weight excluding hydrogens is 384 g/mol. The van der Waals surface area contributed by atoms with Crippen LogP contribution in [0, 0.1) is 5.92 Å². The minimum atomic E-state index is 0.515. The predicted molar refractivity (Wildman–Crippen MR) is 129 cm³/mol. The number of nitrogens with one attached hydrogen (secondary N) is 1. The maximum Gasteiger partial charge on any atom is 0.193 e. The van der Waals surface area contributed by atoms with Gasteiger partial charge in [-0.15, -0.1) is 0 Å². The zero-order chi connectivity index (χ0) is 21.6. The summed E-state index contributed by atoms with van der Waals surface area (Å²) < 4.78 is 0. The third kappa shape index (κ3) is 5.79. The smallest absolute Gasteiger partial charge is 0.193 e. The predicted octanol–water partition coefficient (Wildman–Crippen LogP) is 2.18. The van der Waals surface area contributed by atoms with Crippen LogP contribution >= 0.6 is 0 Å². The molecule has 0 aromatic heterocycles. The Morgan fingerprint density at radius 2 is 1.87 bits per heavy atom. The molecule has 0 amide bonds. The Bertz CT molecular complexity index is 707. The van der Waals surface area contributed by atoms with E-state index in [1.165, 1.54) is 31.4 Å². The molecule has 0 saturated carbocycles. The van der Waals surface area contributed by atoms with Gasteiger partial charge in [-0.1, -0.05) is 30.3 Å². The number of likely N-dealkylation sites (tertiary alicyclic amines) is 2. The molecule has 0 aliphatic carbocycles. The van der Waals surface area contributed by atoms with Crippen molar-refractivity contribution in [3.8, 4) is 0 Å². The van der Waals surface area contributed by atoms with E-state index >= 15 is 0 Å². The largest absolute Gasteiger partial charge is 0.357 e. The summed E-state index contributed by atoms with van der Waals surface area (Å²) in [6.07, 6.45) is 3.91. The van der Waals surface area contributed by atoms with Gasteiger partial charge >= 0.3 is 0 Å². The number of piperidine rings is 2. The molecule has 3 heterocycles. The van der Waals surface area contributed by atoms with E-state index in [1.54, 1.807) is 0 Å². The van der Waals surface area contributed by atoms with Gasteiger partial charge in [-0.05, 0) is 58.3 Å². The average molecular weight is 427 g/mol. The Morgan fingerprint density at radius 3 is 2.68 bits per heavy atom. The van der Waals surface area contributed by atoms with E-state index in [-0.39, 0.29) is 0 Å². The fraction of sp³-hybridized carbons (Fsp3) is 0.720. The number of hydrogen-bond acceptors (Lipinski definition) is 4. The fourth-order valence-electron chi connectivity index (χ4n) is 5.63. The van der Waals surface area contributed by atoms with Crippen molar-refractivity contribution >= 4 is 5.96 Å². The second kappa shape index (κ2) is 10.8. The molecule has 6 heteroatoms. The summed E-state index contributed by atoms with van der Waals surface area (Å²) in [5.41, 5.74) is 1.45. The molecular formula is C25H42N6. The molecule has 0 bridgehead atoms. The van der Waals surface area contributed by atoms with E-state index in [0.717, 1.165) is 64.2 Å². The van der Waals surface area contributed by atoms with Crippen molar-refractivity contribution < 1.29 is 0 Å². The molecule has 4 rings (SSSR count). The Morgan fingerprint density at radius 1 is 1.03 bits per heavy atom. The second-order valence-corrected chi connectivity index (χ2v) is 9.75. The first-order valence-corrected chi connectivity index (χ1v) is 12.3. The molecule has 1 N–H and O–H groups in total. The lowest BCUT2D eigenvalue weighted by Gasteiger charge is -2.48. The maximum absolute atomic E-state index is 5.12. The highest BCUT2D eigenvalue weighted by Gasteiger charge is 2.36. The van der Waals surface area contributed by atoms with Crippen LogP contribution in [0.1, 0.15) is 31.7 Å². The molecule has 3 aliphatic rings. The van der Waals surface area contributed by atoms with Crippen molar-refractivity contribution in [1.82, 2.24) is 24.9 Å². The van der Waals surface area contributed by atoms with Gasteiger partial charge < -0.3 is 15.1 Å². The Balaban J connectivity index is 1.38. The Labute approximate surface area is 189 Å². The van der Waals surface area contributed by atoms with Gasteiger partial charge in [0.2, 0.25) is 0 Å². The van der Waals surface area contributed by atoms with Crippen molar-refractivity contribution in [2.75, 3.05) is 66.5 Å². The highest BCUT2D eigenvalue weighted by Crippen LogP contribution is 2.31. The first-order valence-electron chi connectivity index (χ1n) is 12.3. The van der Waals surface area contributed by atoms with E-state index in [2.05, 4.69) is 76.3 Å². The van der Waals surface area contributed by atoms with Crippen LogP contribution in [0.2, 0.25) is 0 Å². The molecule has 0 radical (unpaired) electrons. The number of fused-ring (bicyclic) bond motifs is 1. The highest BCUT2D eigenvalue weighted by molar-refractivity contribution is 5.80. The Kier molecular flexibility index (Phi) is 7.86. The third-order valence-corrected chi connectivity index (χ3v) is 7.48. The monoisotopic (exact) mass is 426 g/mol. The minimum absolute atomic E-state index is 0.515. The minimum Gasteiger partial charge on any atom is -0.357 e. The van der Waals surface area contributed by atoms with Crippen molar-refractivity contribution in [3.63, 3.8) is 0 Å². The van der Waals surface area contributed by atoms with Crippen LogP contribution in [0.25, 0.3) is 0 Å². The molecule has 3 saturated heterocycles. The van der Waals surface area contributed by atoms with E-state index < -0.39 is 0 Å². The van der Waals surface area contributed by atoms with Gasteiger partial charge in [-0.2, -0.15) is 0 Å². The summed E-state index contributed by atoms with van der Waals surface area (Å²) in [5.74, 6) is 1.88. The van der Waals surface area contributed by atoms with Crippen LogP contribution in [0.5, 0.6) is 0 Å². The van der Waals surface area contributed by atoms with Gasteiger partial charge in [0.25, 0.3) is 0 Å². The number of hydrogen-bond donors (Lipinski definition) is 1. The molecule has 0 spiro atoms. The lowest BCUT2D eigenvalue weighted by atomic mass is 9.83. The average Bonchev–Trinajstić information content (AvgIpc) is 2.79. The molecule has 3 unspecified atom stereocenters. The maximum atomic E-state index is 5.12. The van der Waals surface area contributed by atoms with Crippen LogP contribution in [0.3, 0.4) is 0 Å². The lowest BCUT2D eigenvalue weighted by Crippen LogP contribution is -2.57. The second-order valence-electron chi connectivity index (χ2n) is 9.75. The van der Waals surface area contributed by atoms with Gasteiger partial charge in [-0.3, -0.25) is 14.8 Å². The molecule has 3 atom stereocenters. The van der Waals surface area contributed by atoms with Crippen molar-refractivity contribution in [1.29, 1.82) is 0 Å². The first kappa shape index (κ1) is 22.6. The summed E-state index contributed by atoms with van der Waals surface area (Å²) in [7, 11) is 4.47. The van der Waals surface area contributed by atoms with Gasteiger partial charge in [0.05, 0.1) is 6.54 Å². The van der Waals surface area contributed by atoms with Crippen LogP contribution in [-0.4, -0.2) is 104 Å². The zero-order valence-corrected chi connectivity index (χ0v) is 19.8. The molecule has 6 nitrogen and oxygen atoms in total. The molecule has 1 aromatic rings.